The van der Waals surface area contributed by atoms with Crippen molar-refractivity contribution in [3.8, 4) is 11.5 Å². The van der Waals surface area contributed by atoms with Crippen LogP contribution >= 0.6 is 12.2 Å². The number of nitrogens with one attached hydrogen (secondary N) is 1. The Kier molecular flexibility index (Phi) is 4.12. The maximum atomic E-state index is 10.6. The van der Waals surface area contributed by atoms with Crippen molar-refractivity contribution < 1.29 is 14.6 Å². The van der Waals surface area contributed by atoms with E-state index < -0.39 is 0 Å². The maximum Gasteiger partial charge on any atom is 0.165 e. The summed E-state index contributed by atoms with van der Waals surface area (Å²) in [6.45, 7) is 1.09. The number of piperidine rings is 1. The first-order valence-electron chi connectivity index (χ1n) is 8.87. The van der Waals surface area contributed by atoms with Crippen molar-refractivity contribution in [2.24, 2.45) is 5.92 Å². The fraction of sp³-hybridized carbons (Fsp3) is 0.632. The van der Waals surface area contributed by atoms with E-state index in [9.17, 15) is 5.11 Å². The Balaban J connectivity index is 0.000000490. The fourth-order valence-electron chi connectivity index (χ4n) is 5.86. The summed E-state index contributed by atoms with van der Waals surface area (Å²) in [4.78, 5) is 2.52. The van der Waals surface area contributed by atoms with Crippen molar-refractivity contribution in [1.29, 1.82) is 5.41 Å². The molecule has 5 atom stereocenters. The van der Waals surface area contributed by atoms with Gasteiger partial charge in [-0.2, -0.15) is 0 Å². The number of thiocarbonyl (C=S) groups is 1. The van der Waals surface area contributed by atoms with Gasteiger partial charge in [0.15, 0.2) is 11.5 Å². The van der Waals surface area contributed by atoms with Gasteiger partial charge in [0, 0.05) is 17.0 Å². The van der Waals surface area contributed by atoms with E-state index in [0.717, 1.165) is 43.7 Å². The average molecular weight is 360 g/mol. The van der Waals surface area contributed by atoms with Crippen molar-refractivity contribution in [2.75, 3.05) is 20.7 Å². The summed E-state index contributed by atoms with van der Waals surface area (Å²) in [6.07, 6.45) is 3.69. The van der Waals surface area contributed by atoms with Crippen LogP contribution in [0.3, 0.4) is 0 Å². The lowest BCUT2D eigenvalue weighted by Gasteiger charge is -2.58. The van der Waals surface area contributed by atoms with Gasteiger partial charge < -0.3 is 19.5 Å². The quantitative estimate of drug-likeness (QED) is 0.595. The SMILES string of the molecule is COc1ccc2c3c1O[C@H]1[C@@H](O)CC[C@H]4[C@@H](C2)N(C)CC[C@@]341.N=C=S. The fourth-order valence-corrected chi connectivity index (χ4v) is 5.86. The van der Waals surface area contributed by atoms with Crippen LogP contribution in [0.2, 0.25) is 0 Å². The van der Waals surface area contributed by atoms with Crippen molar-refractivity contribution in [2.45, 2.75) is 49.3 Å². The van der Waals surface area contributed by atoms with Gasteiger partial charge in [-0.05, 0) is 69.0 Å². The summed E-state index contributed by atoms with van der Waals surface area (Å²) in [6, 6.07) is 4.83. The lowest BCUT2D eigenvalue weighted by atomic mass is 9.51. The summed E-state index contributed by atoms with van der Waals surface area (Å²) in [5, 5.41) is 18.0. The van der Waals surface area contributed by atoms with E-state index in [2.05, 4.69) is 30.2 Å². The zero-order chi connectivity index (χ0) is 17.8. The predicted molar refractivity (Wildman–Crippen MR) is 97.9 cm³/mol. The number of methoxy groups -OCH3 is 1. The highest BCUT2D eigenvalue weighted by molar-refractivity contribution is 7.78. The predicted octanol–water partition coefficient (Wildman–Crippen LogP) is 2.39. The van der Waals surface area contributed by atoms with E-state index >= 15 is 0 Å². The minimum atomic E-state index is -0.358. The van der Waals surface area contributed by atoms with Gasteiger partial charge in [-0.15, -0.1) is 0 Å². The Morgan fingerprint density at radius 1 is 1.44 bits per heavy atom. The Labute approximate surface area is 153 Å². The third-order valence-corrected chi connectivity index (χ3v) is 6.77. The summed E-state index contributed by atoms with van der Waals surface area (Å²) in [7, 11) is 3.96. The Bertz CT molecular complexity index is 734. The molecule has 25 heavy (non-hydrogen) atoms. The maximum absolute atomic E-state index is 10.6. The van der Waals surface area contributed by atoms with Crippen LogP contribution in [0.1, 0.15) is 30.4 Å². The van der Waals surface area contributed by atoms with Crippen LogP contribution in [-0.2, 0) is 11.8 Å². The topological polar surface area (TPSA) is 65.8 Å². The molecule has 134 valence electrons. The van der Waals surface area contributed by atoms with Gasteiger partial charge in [0.05, 0.1) is 18.4 Å². The number of hydrogen-bond acceptors (Lipinski definition) is 6. The third kappa shape index (κ3) is 2.15. The number of aliphatic hydroxyl groups excluding tert-OH is 1. The number of nitrogens with zero attached hydrogens (tertiary/aromatic N) is 1. The van der Waals surface area contributed by atoms with Gasteiger partial charge >= 0.3 is 0 Å². The highest BCUT2D eigenvalue weighted by Crippen LogP contribution is 2.63. The molecular formula is C19H24N2O3S. The van der Waals surface area contributed by atoms with Gasteiger partial charge in [0.25, 0.3) is 0 Å². The molecule has 5 rings (SSSR count). The molecule has 0 aromatic heterocycles. The van der Waals surface area contributed by atoms with Crippen molar-refractivity contribution in [1.82, 2.24) is 4.90 Å². The first kappa shape index (κ1) is 17.0. The number of likely N-dealkylation sites (N-methyl/N-ethyl adjacent to an activating group) is 1. The number of aliphatic hydroxyl groups is 1. The van der Waals surface area contributed by atoms with Gasteiger partial charge in [-0.1, -0.05) is 6.07 Å². The van der Waals surface area contributed by atoms with E-state index in [1.54, 1.807) is 12.3 Å². The zero-order valence-corrected chi connectivity index (χ0v) is 15.4. The first-order chi connectivity index (χ1) is 12.1. The molecule has 1 aromatic rings. The second-order valence-electron chi connectivity index (χ2n) is 7.57. The summed E-state index contributed by atoms with van der Waals surface area (Å²) in [5.41, 5.74) is 2.77. The number of rotatable bonds is 1. The lowest BCUT2D eigenvalue weighted by Crippen LogP contribution is -2.66. The Morgan fingerprint density at radius 3 is 2.92 bits per heavy atom. The van der Waals surface area contributed by atoms with Gasteiger partial charge in [0.2, 0.25) is 0 Å². The highest BCUT2D eigenvalue weighted by atomic mass is 32.1. The first-order valence-corrected chi connectivity index (χ1v) is 9.28. The number of ether oxygens (including phenoxy) is 2. The van der Waals surface area contributed by atoms with Crippen LogP contribution in [-0.4, -0.2) is 54.1 Å². The molecule has 2 N–H and O–H groups in total. The molecule has 2 bridgehead atoms. The van der Waals surface area contributed by atoms with Crippen LogP contribution in [0.25, 0.3) is 0 Å². The second kappa shape index (κ2) is 6.06. The monoisotopic (exact) mass is 360 g/mol. The van der Waals surface area contributed by atoms with E-state index in [1.807, 2.05) is 6.07 Å². The zero-order valence-electron chi connectivity index (χ0n) is 14.6. The molecule has 0 radical (unpaired) electrons. The van der Waals surface area contributed by atoms with Gasteiger partial charge in [-0.3, -0.25) is 0 Å². The summed E-state index contributed by atoms with van der Waals surface area (Å²) < 4.78 is 11.9. The molecule has 0 unspecified atom stereocenters. The minimum Gasteiger partial charge on any atom is -0.493 e. The summed E-state index contributed by atoms with van der Waals surface area (Å²) >= 11 is 3.81. The van der Waals surface area contributed by atoms with Crippen LogP contribution < -0.4 is 9.47 Å². The second-order valence-corrected chi connectivity index (χ2v) is 7.77. The molecule has 1 saturated carbocycles. The molecule has 6 heteroatoms. The minimum absolute atomic E-state index is 0.00625. The van der Waals surface area contributed by atoms with Crippen LogP contribution in [0.15, 0.2) is 12.1 Å². The van der Waals surface area contributed by atoms with Crippen molar-refractivity contribution in [3.05, 3.63) is 23.3 Å². The molecule has 1 spiro atoms. The number of benzene rings is 1. The molecule has 1 saturated heterocycles. The van der Waals surface area contributed by atoms with Crippen molar-refractivity contribution in [3.63, 3.8) is 0 Å². The molecule has 2 fully saturated rings. The normalized spacial score (nSPS) is 37.1. The molecule has 0 amide bonds. The van der Waals surface area contributed by atoms with Crippen LogP contribution in [0, 0.1) is 11.3 Å². The molecule has 1 aromatic carbocycles. The number of hydrogen-bond donors (Lipinski definition) is 2. The van der Waals surface area contributed by atoms with Gasteiger partial charge in [-0.25, -0.2) is 5.41 Å². The molecular weight excluding hydrogens is 336 g/mol. The molecule has 2 aliphatic heterocycles. The van der Waals surface area contributed by atoms with E-state index in [1.165, 1.54) is 11.1 Å². The largest absolute Gasteiger partial charge is 0.493 e. The van der Waals surface area contributed by atoms with Crippen molar-refractivity contribution >= 4 is 17.4 Å². The lowest BCUT2D eigenvalue weighted by molar-refractivity contribution is -0.0993. The molecule has 4 aliphatic rings. The smallest absolute Gasteiger partial charge is 0.165 e. The average Bonchev–Trinajstić information content (AvgIpc) is 2.96. The standard InChI is InChI=1S/C18H23NO3.CHNS/c1-19-8-7-18-11-4-5-13(20)17(18)22-16-14(21-2)6-3-10(15(16)18)9-12(11)19;2-1-3/h3,6,11-13,17,20H,4-5,7-9H2,1-2H3;2H/t11-,12+,13-,17-,18-;/m0./s1. The molecule has 5 nitrogen and oxygen atoms in total. The number of isothiocyanates is 1. The molecule has 2 heterocycles. The summed E-state index contributed by atoms with van der Waals surface area (Å²) in [5.74, 6) is 2.34. The highest BCUT2D eigenvalue weighted by Gasteiger charge is 2.65. The Morgan fingerprint density at radius 2 is 2.20 bits per heavy atom. The van der Waals surface area contributed by atoms with Crippen LogP contribution in [0.4, 0.5) is 0 Å². The number of likely N-dealkylation sites (tertiary alicyclic amines) is 1. The van der Waals surface area contributed by atoms with Crippen LogP contribution in [0.5, 0.6) is 11.5 Å². The van der Waals surface area contributed by atoms with E-state index in [-0.39, 0.29) is 17.6 Å². The third-order valence-electron chi connectivity index (χ3n) is 6.77. The van der Waals surface area contributed by atoms with E-state index in [4.69, 9.17) is 14.9 Å². The van der Waals surface area contributed by atoms with E-state index in [0.29, 0.717) is 12.0 Å². The Hall–Kier alpha value is -1.46. The van der Waals surface area contributed by atoms with Gasteiger partial charge in [0.1, 0.15) is 6.10 Å². The molecule has 2 aliphatic carbocycles.